The highest BCUT2D eigenvalue weighted by Crippen LogP contribution is 2.20. The van der Waals surface area contributed by atoms with E-state index in [1.54, 1.807) is 0 Å². The Morgan fingerprint density at radius 3 is 2.50 bits per heavy atom. The molecule has 1 rings (SSSR count). The summed E-state index contributed by atoms with van der Waals surface area (Å²) >= 11 is 0. The summed E-state index contributed by atoms with van der Waals surface area (Å²) in [4.78, 5) is 0. The molecule has 2 atom stereocenters. The van der Waals surface area contributed by atoms with Gasteiger partial charge in [0, 0.05) is 6.04 Å². The quantitative estimate of drug-likeness (QED) is 0.756. The van der Waals surface area contributed by atoms with Crippen molar-refractivity contribution in [2.45, 2.75) is 59.1 Å². The first-order valence-electron chi connectivity index (χ1n) is 7.20. The van der Waals surface area contributed by atoms with Gasteiger partial charge in [-0.1, -0.05) is 39.0 Å². The first-order valence-corrected chi connectivity index (χ1v) is 7.20. The largest absolute Gasteiger partial charge is 0.489 e. The lowest BCUT2D eigenvalue weighted by Gasteiger charge is -2.26. The van der Waals surface area contributed by atoms with Crippen molar-refractivity contribution in [1.82, 2.24) is 5.32 Å². The highest BCUT2D eigenvalue weighted by molar-refractivity contribution is 5.33. The van der Waals surface area contributed by atoms with Crippen LogP contribution in [0.4, 0.5) is 0 Å². The third kappa shape index (κ3) is 4.34. The van der Waals surface area contributed by atoms with E-state index in [4.69, 9.17) is 4.74 Å². The molecule has 18 heavy (non-hydrogen) atoms. The van der Waals surface area contributed by atoms with E-state index in [1.165, 1.54) is 5.56 Å². The Labute approximate surface area is 112 Å². The molecule has 1 aromatic rings. The highest BCUT2D eigenvalue weighted by atomic mass is 16.5. The monoisotopic (exact) mass is 249 g/mol. The lowest BCUT2D eigenvalue weighted by atomic mass is 10.1. The van der Waals surface area contributed by atoms with Gasteiger partial charge in [-0.15, -0.1) is 0 Å². The zero-order chi connectivity index (χ0) is 13.4. The van der Waals surface area contributed by atoms with Crippen LogP contribution in [0.1, 0.15) is 46.1 Å². The SMILES string of the molecule is CCCNC(CC)C(C)Oc1ccccc1CC. The van der Waals surface area contributed by atoms with Crippen LogP contribution in [0.15, 0.2) is 24.3 Å². The minimum atomic E-state index is 0.203. The van der Waals surface area contributed by atoms with E-state index in [2.05, 4.69) is 51.2 Å². The van der Waals surface area contributed by atoms with Gasteiger partial charge in [-0.05, 0) is 44.4 Å². The van der Waals surface area contributed by atoms with Gasteiger partial charge >= 0.3 is 0 Å². The standard InChI is InChI=1S/C16H27NO/c1-5-12-17-15(7-3)13(4)18-16-11-9-8-10-14(16)6-2/h8-11,13,15,17H,5-7,12H2,1-4H3. The number of benzene rings is 1. The third-order valence-electron chi connectivity index (χ3n) is 3.33. The number of ether oxygens (including phenoxy) is 1. The number of nitrogens with one attached hydrogen (secondary N) is 1. The number of rotatable bonds is 8. The fraction of sp³-hybridized carbons (Fsp3) is 0.625. The van der Waals surface area contributed by atoms with Gasteiger partial charge < -0.3 is 10.1 Å². The molecule has 2 nitrogen and oxygen atoms in total. The number of hydrogen-bond acceptors (Lipinski definition) is 2. The fourth-order valence-electron chi connectivity index (χ4n) is 2.17. The molecule has 0 saturated carbocycles. The molecule has 0 amide bonds. The molecule has 0 spiro atoms. The first-order chi connectivity index (χ1) is 8.72. The average Bonchev–Trinajstić information content (AvgIpc) is 2.40. The van der Waals surface area contributed by atoms with Crippen LogP contribution in [0.2, 0.25) is 0 Å². The smallest absolute Gasteiger partial charge is 0.122 e. The van der Waals surface area contributed by atoms with Crippen LogP contribution in [0.5, 0.6) is 5.75 Å². The predicted octanol–water partition coefficient (Wildman–Crippen LogP) is 3.79. The molecule has 0 aliphatic carbocycles. The zero-order valence-corrected chi connectivity index (χ0v) is 12.2. The van der Waals surface area contributed by atoms with E-state index in [-0.39, 0.29) is 6.10 Å². The van der Waals surface area contributed by atoms with Gasteiger partial charge in [-0.25, -0.2) is 0 Å². The van der Waals surface area contributed by atoms with E-state index in [9.17, 15) is 0 Å². The van der Waals surface area contributed by atoms with Crippen LogP contribution in [0, 0.1) is 0 Å². The molecule has 2 unspecified atom stereocenters. The molecular formula is C16H27NO. The van der Waals surface area contributed by atoms with Crippen LogP contribution in [-0.4, -0.2) is 18.7 Å². The third-order valence-corrected chi connectivity index (χ3v) is 3.33. The van der Waals surface area contributed by atoms with Crippen molar-refractivity contribution >= 4 is 0 Å². The molecule has 102 valence electrons. The molecule has 1 N–H and O–H groups in total. The summed E-state index contributed by atoms with van der Waals surface area (Å²) in [6, 6.07) is 8.75. The molecule has 0 aliphatic rings. The number of hydrogen-bond donors (Lipinski definition) is 1. The Bertz CT molecular complexity index is 338. The maximum Gasteiger partial charge on any atom is 0.122 e. The summed E-state index contributed by atoms with van der Waals surface area (Å²) in [5.74, 6) is 1.03. The Hall–Kier alpha value is -1.02. The van der Waals surface area contributed by atoms with Crippen molar-refractivity contribution in [1.29, 1.82) is 0 Å². The van der Waals surface area contributed by atoms with Crippen LogP contribution in [-0.2, 0) is 6.42 Å². The molecule has 0 fully saturated rings. The van der Waals surface area contributed by atoms with Crippen molar-refractivity contribution in [3.63, 3.8) is 0 Å². The van der Waals surface area contributed by atoms with Crippen molar-refractivity contribution in [2.75, 3.05) is 6.54 Å². The average molecular weight is 249 g/mol. The van der Waals surface area contributed by atoms with E-state index in [1.807, 2.05) is 6.07 Å². The lowest BCUT2D eigenvalue weighted by molar-refractivity contribution is 0.166. The second-order valence-corrected chi connectivity index (χ2v) is 4.75. The van der Waals surface area contributed by atoms with Gasteiger partial charge in [-0.3, -0.25) is 0 Å². The molecule has 0 aromatic heterocycles. The Morgan fingerprint density at radius 1 is 1.17 bits per heavy atom. The minimum absolute atomic E-state index is 0.203. The molecule has 2 heteroatoms. The zero-order valence-electron chi connectivity index (χ0n) is 12.2. The maximum atomic E-state index is 6.12. The molecule has 0 heterocycles. The summed E-state index contributed by atoms with van der Waals surface area (Å²) in [6.07, 6.45) is 3.47. The minimum Gasteiger partial charge on any atom is -0.489 e. The van der Waals surface area contributed by atoms with Gasteiger partial charge in [0.1, 0.15) is 11.9 Å². The van der Waals surface area contributed by atoms with Gasteiger partial charge in [-0.2, -0.15) is 0 Å². The molecule has 1 aromatic carbocycles. The van der Waals surface area contributed by atoms with Gasteiger partial charge in [0.15, 0.2) is 0 Å². The Morgan fingerprint density at radius 2 is 1.89 bits per heavy atom. The van der Waals surface area contributed by atoms with Crippen molar-refractivity contribution < 1.29 is 4.74 Å². The second kappa shape index (κ2) is 8.15. The second-order valence-electron chi connectivity index (χ2n) is 4.75. The topological polar surface area (TPSA) is 21.3 Å². The van der Waals surface area contributed by atoms with E-state index >= 15 is 0 Å². The molecule has 0 saturated heterocycles. The molecular weight excluding hydrogens is 222 g/mol. The van der Waals surface area contributed by atoms with E-state index in [0.29, 0.717) is 6.04 Å². The van der Waals surface area contributed by atoms with Crippen LogP contribution in [0.25, 0.3) is 0 Å². The van der Waals surface area contributed by atoms with E-state index in [0.717, 1.165) is 31.6 Å². The van der Waals surface area contributed by atoms with Gasteiger partial charge in [0.2, 0.25) is 0 Å². The summed E-state index contributed by atoms with van der Waals surface area (Å²) in [5.41, 5.74) is 1.29. The Balaban J connectivity index is 2.63. The first kappa shape index (κ1) is 15.0. The van der Waals surface area contributed by atoms with E-state index < -0.39 is 0 Å². The summed E-state index contributed by atoms with van der Waals surface area (Å²) in [5, 5.41) is 3.55. The summed E-state index contributed by atoms with van der Waals surface area (Å²) < 4.78 is 6.12. The van der Waals surface area contributed by atoms with Crippen LogP contribution in [0.3, 0.4) is 0 Å². The molecule has 0 aliphatic heterocycles. The normalized spacial score (nSPS) is 14.2. The molecule has 0 radical (unpaired) electrons. The predicted molar refractivity (Wildman–Crippen MR) is 78.3 cm³/mol. The number of aryl methyl sites for hydroxylation is 1. The fourth-order valence-corrected chi connectivity index (χ4v) is 2.17. The van der Waals surface area contributed by atoms with Crippen molar-refractivity contribution in [3.05, 3.63) is 29.8 Å². The van der Waals surface area contributed by atoms with Crippen molar-refractivity contribution in [2.24, 2.45) is 0 Å². The van der Waals surface area contributed by atoms with Crippen molar-refractivity contribution in [3.8, 4) is 5.75 Å². The van der Waals surface area contributed by atoms with Gasteiger partial charge in [0.05, 0.1) is 0 Å². The molecule has 0 bridgehead atoms. The summed E-state index contributed by atoms with van der Waals surface area (Å²) in [6.45, 7) is 9.78. The highest BCUT2D eigenvalue weighted by Gasteiger charge is 2.16. The van der Waals surface area contributed by atoms with Gasteiger partial charge in [0.25, 0.3) is 0 Å². The summed E-state index contributed by atoms with van der Waals surface area (Å²) in [7, 11) is 0. The Kier molecular flexibility index (Phi) is 6.81. The number of para-hydroxylation sites is 1. The maximum absolute atomic E-state index is 6.12. The van der Waals surface area contributed by atoms with Crippen LogP contribution >= 0.6 is 0 Å². The van der Waals surface area contributed by atoms with Crippen LogP contribution < -0.4 is 10.1 Å². The lowest BCUT2D eigenvalue weighted by Crippen LogP contribution is -2.41.